The van der Waals surface area contributed by atoms with Crippen molar-refractivity contribution in [1.82, 2.24) is 15.3 Å². The van der Waals surface area contributed by atoms with Crippen LogP contribution in [0.2, 0.25) is 0 Å². The first-order valence-corrected chi connectivity index (χ1v) is 5.05. The van der Waals surface area contributed by atoms with Gasteiger partial charge < -0.3 is 5.32 Å². The van der Waals surface area contributed by atoms with Crippen molar-refractivity contribution >= 4 is 5.91 Å². The predicted octanol–water partition coefficient (Wildman–Crippen LogP) is 0.643. The van der Waals surface area contributed by atoms with Gasteiger partial charge in [-0.1, -0.05) is 12.2 Å². The van der Waals surface area contributed by atoms with Gasteiger partial charge in [-0.3, -0.25) is 9.80 Å². The first-order chi connectivity index (χ1) is 7.17. The minimum absolute atomic E-state index is 0.0908. The molecule has 4 nitrogen and oxygen atoms in total. The summed E-state index contributed by atoms with van der Waals surface area (Å²) in [5, 5.41) is 6.46. The Kier molecular flexibility index (Phi) is 7.58. The number of rotatable bonds is 8. The first-order valence-electron chi connectivity index (χ1n) is 5.05. The summed E-state index contributed by atoms with van der Waals surface area (Å²) in [5.41, 5.74) is 0. The first kappa shape index (κ1) is 13.9. The van der Waals surface area contributed by atoms with Crippen molar-refractivity contribution in [3.05, 3.63) is 25.3 Å². The SMILES string of the molecule is C=CCN(CC=C)N(C)C(=O)CCNC. The van der Waals surface area contributed by atoms with Gasteiger partial charge in [-0.2, -0.15) is 0 Å². The Morgan fingerprint density at radius 3 is 2.27 bits per heavy atom. The molecule has 0 atom stereocenters. The molecule has 1 N–H and O–H groups in total. The maximum atomic E-state index is 11.7. The summed E-state index contributed by atoms with van der Waals surface area (Å²) >= 11 is 0. The molecule has 0 aromatic carbocycles. The number of carbonyl (C=O) groups is 1. The van der Waals surface area contributed by atoms with Gasteiger partial charge in [0.05, 0.1) is 0 Å². The zero-order valence-electron chi connectivity index (χ0n) is 9.70. The summed E-state index contributed by atoms with van der Waals surface area (Å²) in [4.78, 5) is 11.7. The number of amides is 1. The number of hydrogen-bond donors (Lipinski definition) is 1. The Balaban J connectivity index is 4.20. The summed E-state index contributed by atoms with van der Waals surface area (Å²) in [7, 11) is 3.60. The van der Waals surface area contributed by atoms with Crippen LogP contribution in [0.4, 0.5) is 0 Å². The smallest absolute Gasteiger partial charge is 0.237 e. The van der Waals surface area contributed by atoms with E-state index in [-0.39, 0.29) is 5.91 Å². The van der Waals surface area contributed by atoms with E-state index in [9.17, 15) is 4.79 Å². The molecule has 0 aliphatic rings. The summed E-state index contributed by atoms with van der Waals surface area (Å²) < 4.78 is 0. The van der Waals surface area contributed by atoms with Crippen molar-refractivity contribution in [2.24, 2.45) is 0 Å². The van der Waals surface area contributed by atoms with Crippen LogP contribution < -0.4 is 5.32 Å². The quantitative estimate of drug-likeness (QED) is 0.473. The Bertz CT molecular complexity index is 206. The van der Waals surface area contributed by atoms with E-state index in [4.69, 9.17) is 0 Å². The second-order valence-electron chi connectivity index (χ2n) is 3.22. The molecule has 0 aliphatic carbocycles. The molecule has 0 aromatic rings. The van der Waals surface area contributed by atoms with E-state index in [1.54, 1.807) is 24.2 Å². The summed E-state index contributed by atoms with van der Waals surface area (Å²) in [6.07, 6.45) is 4.04. The van der Waals surface area contributed by atoms with Crippen molar-refractivity contribution < 1.29 is 4.79 Å². The molecular formula is C11H21N3O. The molecule has 0 radical (unpaired) electrons. The molecule has 0 fully saturated rings. The highest BCUT2D eigenvalue weighted by Crippen LogP contribution is 1.98. The third-order valence-corrected chi connectivity index (χ3v) is 2.05. The molecule has 0 spiro atoms. The monoisotopic (exact) mass is 211 g/mol. The molecule has 0 bridgehead atoms. The Morgan fingerprint density at radius 1 is 1.33 bits per heavy atom. The standard InChI is InChI=1S/C11H21N3O/c1-5-9-14(10-6-2)13(4)11(15)7-8-12-3/h5-6,12H,1-2,7-10H2,3-4H3. The average molecular weight is 211 g/mol. The topological polar surface area (TPSA) is 35.6 Å². The molecule has 0 aromatic heterocycles. The van der Waals surface area contributed by atoms with Gasteiger partial charge in [0.25, 0.3) is 0 Å². The minimum Gasteiger partial charge on any atom is -0.319 e. The van der Waals surface area contributed by atoms with E-state index in [0.29, 0.717) is 26.1 Å². The molecule has 0 unspecified atom stereocenters. The number of nitrogens with zero attached hydrogens (tertiary/aromatic N) is 2. The number of nitrogens with one attached hydrogen (secondary N) is 1. The Hall–Kier alpha value is -1.13. The second-order valence-corrected chi connectivity index (χ2v) is 3.22. The van der Waals surface area contributed by atoms with E-state index >= 15 is 0 Å². The van der Waals surface area contributed by atoms with E-state index in [0.717, 1.165) is 0 Å². The largest absolute Gasteiger partial charge is 0.319 e. The van der Waals surface area contributed by atoms with Crippen LogP contribution in [0.25, 0.3) is 0 Å². The zero-order chi connectivity index (χ0) is 11.7. The zero-order valence-corrected chi connectivity index (χ0v) is 9.70. The van der Waals surface area contributed by atoms with Crippen LogP contribution >= 0.6 is 0 Å². The van der Waals surface area contributed by atoms with E-state index < -0.39 is 0 Å². The Morgan fingerprint density at radius 2 is 1.87 bits per heavy atom. The summed E-state index contributed by atoms with van der Waals surface area (Å²) in [6.45, 7) is 9.31. The minimum atomic E-state index is 0.0908. The molecule has 15 heavy (non-hydrogen) atoms. The fraction of sp³-hybridized carbons (Fsp3) is 0.545. The summed E-state index contributed by atoms with van der Waals surface area (Å²) in [6, 6.07) is 0. The fourth-order valence-electron chi connectivity index (χ4n) is 1.17. The lowest BCUT2D eigenvalue weighted by Crippen LogP contribution is -2.44. The summed E-state index contributed by atoms with van der Waals surface area (Å²) in [5.74, 6) is 0.0908. The van der Waals surface area contributed by atoms with Gasteiger partial charge in [-0.15, -0.1) is 13.2 Å². The van der Waals surface area contributed by atoms with Gasteiger partial charge in [0.15, 0.2) is 0 Å². The lowest BCUT2D eigenvalue weighted by molar-refractivity contribution is -0.143. The van der Waals surface area contributed by atoms with Crippen molar-refractivity contribution in [3.63, 3.8) is 0 Å². The molecule has 0 saturated heterocycles. The van der Waals surface area contributed by atoms with Crippen LogP contribution in [-0.2, 0) is 4.79 Å². The molecule has 0 rings (SSSR count). The molecule has 0 saturated carbocycles. The molecule has 0 aliphatic heterocycles. The average Bonchev–Trinajstić information content (AvgIpc) is 2.24. The number of hydrazine groups is 1. The molecule has 4 heteroatoms. The fourth-order valence-corrected chi connectivity index (χ4v) is 1.17. The molecule has 0 heterocycles. The van der Waals surface area contributed by atoms with Crippen LogP contribution in [0.1, 0.15) is 6.42 Å². The highest BCUT2D eigenvalue weighted by molar-refractivity contribution is 5.75. The molecule has 1 amide bonds. The van der Waals surface area contributed by atoms with E-state index in [1.807, 2.05) is 12.1 Å². The third kappa shape index (κ3) is 5.34. The van der Waals surface area contributed by atoms with Gasteiger partial charge in [0, 0.05) is 33.1 Å². The highest BCUT2D eigenvalue weighted by atomic mass is 16.2. The maximum absolute atomic E-state index is 11.7. The third-order valence-electron chi connectivity index (χ3n) is 2.05. The van der Waals surface area contributed by atoms with Crippen LogP contribution in [0.15, 0.2) is 25.3 Å². The van der Waals surface area contributed by atoms with E-state index in [2.05, 4.69) is 18.5 Å². The van der Waals surface area contributed by atoms with Gasteiger partial charge in [-0.05, 0) is 7.05 Å². The van der Waals surface area contributed by atoms with Crippen LogP contribution in [0.3, 0.4) is 0 Å². The van der Waals surface area contributed by atoms with Gasteiger partial charge in [-0.25, -0.2) is 5.01 Å². The van der Waals surface area contributed by atoms with Gasteiger partial charge in [0.2, 0.25) is 5.91 Å². The van der Waals surface area contributed by atoms with Crippen LogP contribution in [0.5, 0.6) is 0 Å². The number of carbonyl (C=O) groups excluding carboxylic acids is 1. The van der Waals surface area contributed by atoms with Gasteiger partial charge in [0.1, 0.15) is 0 Å². The lowest BCUT2D eigenvalue weighted by Gasteiger charge is -2.30. The predicted molar refractivity (Wildman–Crippen MR) is 63.3 cm³/mol. The lowest BCUT2D eigenvalue weighted by atomic mass is 10.4. The van der Waals surface area contributed by atoms with E-state index in [1.165, 1.54) is 0 Å². The van der Waals surface area contributed by atoms with Crippen LogP contribution in [-0.4, -0.2) is 49.7 Å². The maximum Gasteiger partial charge on any atom is 0.237 e. The van der Waals surface area contributed by atoms with Crippen LogP contribution in [0, 0.1) is 0 Å². The number of hydrogen-bond acceptors (Lipinski definition) is 3. The highest BCUT2D eigenvalue weighted by Gasteiger charge is 2.13. The van der Waals surface area contributed by atoms with Crippen molar-refractivity contribution in [1.29, 1.82) is 0 Å². The second kappa shape index (κ2) is 8.20. The van der Waals surface area contributed by atoms with Crippen molar-refractivity contribution in [2.75, 3.05) is 33.7 Å². The van der Waals surface area contributed by atoms with Crippen molar-refractivity contribution in [2.45, 2.75) is 6.42 Å². The normalized spacial score (nSPS) is 10.1. The molecule has 86 valence electrons. The van der Waals surface area contributed by atoms with Crippen molar-refractivity contribution in [3.8, 4) is 0 Å². The Labute approximate surface area is 92.2 Å². The van der Waals surface area contributed by atoms with Gasteiger partial charge >= 0.3 is 0 Å². The molecular weight excluding hydrogens is 190 g/mol.